The molecule has 35 heavy (non-hydrogen) atoms. The van der Waals surface area contributed by atoms with Crippen LogP contribution in [0.15, 0.2) is 83.8 Å². The van der Waals surface area contributed by atoms with Crippen LogP contribution in [0.4, 0.5) is 10.1 Å². The third kappa shape index (κ3) is 6.57. The minimum atomic E-state index is -4.09. The van der Waals surface area contributed by atoms with Gasteiger partial charge in [0.2, 0.25) is 11.8 Å². The Morgan fingerprint density at radius 2 is 1.57 bits per heavy atom. The van der Waals surface area contributed by atoms with Crippen LogP contribution in [0.1, 0.15) is 12.5 Å². The van der Waals surface area contributed by atoms with E-state index < -0.39 is 40.2 Å². The van der Waals surface area contributed by atoms with Crippen molar-refractivity contribution in [2.75, 3.05) is 17.9 Å². The standard InChI is InChI=1S/C25H25FIN3O4S/c1-18(25(32)28-2)29(16-19-8-10-20(26)11-9-19)24(31)17-30(22-14-12-21(27)13-15-22)35(33,34)23-6-4-3-5-7-23/h3-15,18H,16-17H2,1-2H3,(H,28,32). The average molecular weight is 609 g/mol. The summed E-state index contributed by atoms with van der Waals surface area (Å²) >= 11 is 2.11. The first kappa shape index (κ1) is 26.6. The van der Waals surface area contributed by atoms with E-state index >= 15 is 0 Å². The molecule has 1 atom stereocenters. The lowest BCUT2D eigenvalue weighted by Crippen LogP contribution is -2.50. The van der Waals surface area contributed by atoms with Gasteiger partial charge in [0.25, 0.3) is 10.0 Å². The molecule has 0 bridgehead atoms. The summed E-state index contributed by atoms with van der Waals surface area (Å²) in [4.78, 5) is 27.3. The van der Waals surface area contributed by atoms with Crippen LogP contribution in [0, 0.1) is 9.39 Å². The van der Waals surface area contributed by atoms with Gasteiger partial charge in [-0.25, -0.2) is 12.8 Å². The van der Waals surface area contributed by atoms with Crippen LogP contribution >= 0.6 is 22.6 Å². The van der Waals surface area contributed by atoms with Crippen molar-refractivity contribution in [2.24, 2.45) is 0 Å². The smallest absolute Gasteiger partial charge is 0.264 e. The molecular formula is C25H25FIN3O4S. The normalized spacial score (nSPS) is 12.0. The number of hydrogen-bond acceptors (Lipinski definition) is 4. The zero-order valence-electron chi connectivity index (χ0n) is 19.2. The summed E-state index contributed by atoms with van der Waals surface area (Å²) in [6.45, 7) is 1.03. The van der Waals surface area contributed by atoms with E-state index in [1.165, 1.54) is 48.3 Å². The summed E-state index contributed by atoms with van der Waals surface area (Å²) in [5.74, 6) is -1.42. The van der Waals surface area contributed by atoms with Gasteiger partial charge in [-0.3, -0.25) is 13.9 Å². The SMILES string of the molecule is CNC(=O)C(C)N(Cc1ccc(F)cc1)C(=O)CN(c1ccc(I)cc1)S(=O)(=O)c1ccccc1. The monoisotopic (exact) mass is 609 g/mol. The molecule has 0 fully saturated rings. The number of sulfonamides is 1. The zero-order chi connectivity index (χ0) is 25.6. The summed E-state index contributed by atoms with van der Waals surface area (Å²) in [6, 6.07) is 19.3. The zero-order valence-corrected chi connectivity index (χ0v) is 22.2. The molecule has 184 valence electrons. The molecule has 2 amide bonds. The van der Waals surface area contributed by atoms with Crippen molar-refractivity contribution in [1.29, 1.82) is 0 Å². The Kier molecular flexibility index (Phi) is 8.84. The van der Waals surface area contributed by atoms with E-state index in [-0.39, 0.29) is 11.4 Å². The Hall–Kier alpha value is -2.99. The lowest BCUT2D eigenvalue weighted by Gasteiger charge is -2.31. The van der Waals surface area contributed by atoms with Gasteiger partial charge in [0, 0.05) is 17.2 Å². The Morgan fingerprint density at radius 3 is 2.14 bits per heavy atom. The summed E-state index contributed by atoms with van der Waals surface area (Å²) in [6.07, 6.45) is 0. The van der Waals surface area contributed by atoms with Crippen LogP contribution in [-0.2, 0) is 26.2 Å². The Balaban J connectivity index is 2.00. The van der Waals surface area contributed by atoms with Crippen LogP contribution in [0.25, 0.3) is 0 Å². The topological polar surface area (TPSA) is 86.8 Å². The van der Waals surface area contributed by atoms with Crippen LogP contribution in [0.5, 0.6) is 0 Å². The van der Waals surface area contributed by atoms with Gasteiger partial charge in [0.15, 0.2) is 0 Å². The number of hydrogen-bond donors (Lipinski definition) is 1. The van der Waals surface area contributed by atoms with Crippen LogP contribution in [0.2, 0.25) is 0 Å². The average Bonchev–Trinajstić information content (AvgIpc) is 2.87. The quantitative estimate of drug-likeness (QED) is 0.375. The van der Waals surface area contributed by atoms with Crippen LogP contribution in [-0.4, -0.2) is 44.8 Å². The Labute approximate surface area is 218 Å². The molecule has 7 nitrogen and oxygen atoms in total. The number of nitrogens with zero attached hydrogens (tertiary/aromatic N) is 2. The first-order chi connectivity index (χ1) is 16.6. The fourth-order valence-electron chi connectivity index (χ4n) is 3.43. The van der Waals surface area contributed by atoms with Crippen molar-refractivity contribution in [3.63, 3.8) is 0 Å². The number of carbonyl (C=O) groups excluding carboxylic acids is 2. The molecule has 0 aliphatic carbocycles. The maximum absolute atomic E-state index is 13.6. The summed E-state index contributed by atoms with van der Waals surface area (Å²) in [5, 5.41) is 2.52. The molecular weight excluding hydrogens is 584 g/mol. The van der Waals surface area contributed by atoms with Crippen molar-refractivity contribution in [1.82, 2.24) is 10.2 Å². The number of nitrogens with one attached hydrogen (secondary N) is 1. The maximum Gasteiger partial charge on any atom is 0.264 e. The van der Waals surface area contributed by atoms with Gasteiger partial charge >= 0.3 is 0 Å². The van der Waals surface area contributed by atoms with Crippen molar-refractivity contribution < 1.29 is 22.4 Å². The largest absolute Gasteiger partial charge is 0.357 e. The number of likely N-dealkylation sites (N-methyl/N-ethyl adjacent to an activating group) is 1. The fraction of sp³-hybridized carbons (Fsp3) is 0.200. The molecule has 1 N–H and O–H groups in total. The second-order valence-electron chi connectivity index (χ2n) is 7.74. The molecule has 3 rings (SSSR count). The van der Waals surface area contributed by atoms with Gasteiger partial charge in [-0.2, -0.15) is 0 Å². The lowest BCUT2D eigenvalue weighted by molar-refractivity contribution is -0.139. The number of halogens is 2. The molecule has 0 aliphatic rings. The first-order valence-electron chi connectivity index (χ1n) is 10.7. The highest BCUT2D eigenvalue weighted by Gasteiger charge is 2.32. The molecule has 10 heteroatoms. The highest BCUT2D eigenvalue weighted by molar-refractivity contribution is 14.1. The summed E-state index contributed by atoms with van der Waals surface area (Å²) < 4.78 is 42.5. The Morgan fingerprint density at radius 1 is 0.971 bits per heavy atom. The maximum atomic E-state index is 13.6. The molecule has 0 saturated heterocycles. The van der Waals surface area contributed by atoms with Gasteiger partial charge < -0.3 is 10.2 Å². The molecule has 0 spiro atoms. The Bertz CT molecular complexity index is 1270. The molecule has 1 unspecified atom stereocenters. The highest BCUT2D eigenvalue weighted by Crippen LogP contribution is 2.25. The molecule has 0 aliphatic heterocycles. The number of benzene rings is 3. The van der Waals surface area contributed by atoms with Gasteiger partial charge in [0.05, 0.1) is 10.6 Å². The van der Waals surface area contributed by atoms with Crippen molar-refractivity contribution >= 4 is 50.1 Å². The van der Waals surface area contributed by atoms with Gasteiger partial charge in [-0.1, -0.05) is 30.3 Å². The summed E-state index contributed by atoms with van der Waals surface area (Å²) in [5.41, 5.74) is 0.916. The number of amides is 2. The molecule has 0 aromatic heterocycles. The van der Waals surface area contributed by atoms with E-state index in [1.54, 1.807) is 49.4 Å². The third-order valence-corrected chi connectivity index (χ3v) is 7.91. The van der Waals surface area contributed by atoms with Gasteiger partial charge in [0.1, 0.15) is 18.4 Å². The molecule has 3 aromatic rings. The van der Waals surface area contributed by atoms with Crippen LogP contribution in [0.3, 0.4) is 0 Å². The van der Waals surface area contributed by atoms with Crippen LogP contribution < -0.4 is 9.62 Å². The van der Waals surface area contributed by atoms with E-state index in [9.17, 15) is 22.4 Å². The third-order valence-electron chi connectivity index (χ3n) is 5.40. The number of rotatable bonds is 9. The molecule has 0 radical (unpaired) electrons. The van der Waals surface area contributed by atoms with Gasteiger partial charge in [-0.15, -0.1) is 0 Å². The number of carbonyl (C=O) groups is 2. The second-order valence-corrected chi connectivity index (χ2v) is 10.8. The van der Waals surface area contributed by atoms with E-state index in [1.807, 2.05) is 0 Å². The molecule has 0 saturated carbocycles. The van der Waals surface area contributed by atoms with E-state index in [0.29, 0.717) is 11.3 Å². The van der Waals surface area contributed by atoms with Crippen molar-refractivity contribution in [2.45, 2.75) is 24.4 Å². The van der Waals surface area contributed by atoms with E-state index in [2.05, 4.69) is 27.9 Å². The van der Waals surface area contributed by atoms with Gasteiger partial charge in [-0.05, 0) is 83.6 Å². The molecule has 0 heterocycles. The summed E-state index contributed by atoms with van der Waals surface area (Å²) in [7, 11) is -2.64. The van der Waals surface area contributed by atoms with Crippen molar-refractivity contribution in [3.05, 3.63) is 93.8 Å². The minimum Gasteiger partial charge on any atom is -0.357 e. The predicted octanol–water partition coefficient (Wildman–Crippen LogP) is 3.79. The van der Waals surface area contributed by atoms with E-state index in [4.69, 9.17) is 0 Å². The predicted molar refractivity (Wildman–Crippen MR) is 141 cm³/mol. The second kappa shape index (κ2) is 11.6. The van der Waals surface area contributed by atoms with Crippen molar-refractivity contribution in [3.8, 4) is 0 Å². The fourth-order valence-corrected chi connectivity index (χ4v) is 5.23. The first-order valence-corrected chi connectivity index (χ1v) is 13.2. The molecule has 3 aromatic carbocycles. The lowest BCUT2D eigenvalue weighted by atomic mass is 10.1. The minimum absolute atomic E-state index is 0.000384. The number of anilines is 1. The highest BCUT2D eigenvalue weighted by atomic mass is 127. The van der Waals surface area contributed by atoms with E-state index in [0.717, 1.165) is 7.88 Å².